The Labute approximate surface area is 178 Å². The zero-order valence-electron chi connectivity index (χ0n) is 18.3. The fraction of sp³-hybridized carbons (Fsp3) is 0.500. The van der Waals surface area contributed by atoms with Crippen molar-refractivity contribution in [2.24, 2.45) is 4.99 Å². The van der Waals surface area contributed by atoms with E-state index in [1.54, 1.807) is 0 Å². The normalized spacial score (nSPS) is 17.1. The Balaban J connectivity index is 1.59. The number of carbonyl (C=O) groups is 1. The molecule has 0 bridgehead atoms. The van der Waals surface area contributed by atoms with E-state index in [1.165, 1.54) is 0 Å². The van der Waals surface area contributed by atoms with Crippen LogP contribution in [0.5, 0.6) is 0 Å². The van der Waals surface area contributed by atoms with Crippen molar-refractivity contribution >= 4 is 12.1 Å². The number of aromatic nitrogens is 2. The molecule has 1 amide bonds. The Kier molecular flexibility index (Phi) is 6.97. The van der Waals surface area contributed by atoms with Crippen LogP contribution in [0.3, 0.4) is 0 Å². The van der Waals surface area contributed by atoms with Crippen LogP contribution >= 0.6 is 0 Å². The summed E-state index contributed by atoms with van der Waals surface area (Å²) in [6.07, 6.45) is 2.43. The molecule has 0 spiro atoms. The molecule has 1 aromatic carbocycles. The summed E-state index contributed by atoms with van der Waals surface area (Å²) in [5.41, 5.74) is 1.43. The van der Waals surface area contributed by atoms with Crippen LogP contribution in [-0.4, -0.2) is 58.0 Å². The fourth-order valence-corrected chi connectivity index (χ4v) is 3.30. The molecule has 162 valence electrons. The number of carbonyl (C=O) groups excluding carboxylic acids is 1. The van der Waals surface area contributed by atoms with Gasteiger partial charge in [-0.05, 0) is 52.3 Å². The number of amides is 1. The number of alkyl carbamates (subject to hydrolysis) is 1. The van der Waals surface area contributed by atoms with Crippen LogP contribution in [0.25, 0.3) is 5.69 Å². The summed E-state index contributed by atoms with van der Waals surface area (Å²) in [7, 11) is 0. The number of hydrogen-bond donors (Lipinski definition) is 2. The maximum absolute atomic E-state index is 12.0. The van der Waals surface area contributed by atoms with Gasteiger partial charge in [0, 0.05) is 25.8 Å². The third-order valence-electron chi connectivity index (χ3n) is 4.60. The van der Waals surface area contributed by atoms with E-state index in [4.69, 9.17) is 9.73 Å². The minimum absolute atomic E-state index is 0.0426. The minimum atomic E-state index is -0.498. The van der Waals surface area contributed by atoms with Crippen LogP contribution in [0.4, 0.5) is 4.79 Å². The first-order chi connectivity index (χ1) is 14.3. The number of ether oxygens (including phenoxy) is 1. The molecule has 0 saturated carbocycles. The van der Waals surface area contributed by atoms with Gasteiger partial charge in [0.2, 0.25) is 0 Å². The SMILES string of the molecule is CCNC(=NCc1ccn(-c2ccccc2)n1)N1CCC(NC(=O)OC(C)(C)C)C1. The van der Waals surface area contributed by atoms with Crippen molar-refractivity contribution in [1.29, 1.82) is 0 Å². The standard InChI is InChI=1S/C22H32N6O2/c1-5-23-20(27-13-11-18(16-27)25-21(29)30-22(2,3)4)24-15-17-12-14-28(26-17)19-9-7-6-8-10-19/h6-10,12,14,18H,5,11,13,15-16H2,1-4H3,(H,23,24)(H,25,29). The first kappa shape index (κ1) is 21.7. The molecule has 1 saturated heterocycles. The van der Waals surface area contributed by atoms with E-state index >= 15 is 0 Å². The molecule has 1 aliphatic heterocycles. The molecule has 2 heterocycles. The highest BCUT2D eigenvalue weighted by Crippen LogP contribution is 2.13. The van der Waals surface area contributed by atoms with Gasteiger partial charge in [-0.2, -0.15) is 5.10 Å². The number of nitrogens with one attached hydrogen (secondary N) is 2. The van der Waals surface area contributed by atoms with Gasteiger partial charge in [-0.25, -0.2) is 14.5 Å². The molecule has 1 fully saturated rings. The molecule has 1 aromatic heterocycles. The smallest absolute Gasteiger partial charge is 0.407 e. The molecule has 8 heteroatoms. The number of hydrogen-bond acceptors (Lipinski definition) is 4. The quantitative estimate of drug-likeness (QED) is 0.583. The van der Waals surface area contributed by atoms with Crippen molar-refractivity contribution in [2.45, 2.75) is 52.3 Å². The zero-order valence-corrected chi connectivity index (χ0v) is 18.3. The maximum atomic E-state index is 12.0. The molecule has 1 atom stereocenters. The van der Waals surface area contributed by atoms with E-state index in [0.29, 0.717) is 13.1 Å². The highest BCUT2D eigenvalue weighted by molar-refractivity contribution is 5.80. The maximum Gasteiger partial charge on any atom is 0.407 e. The van der Waals surface area contributed by atoms with Crippen LogP contribution in [-0.2, 0) is 11.3 Å². The first-order valence-corrected chi connectivity index (χ1v) is 10.5. The van der Waals surface area contributed by atoms with Crippen LogP contribution < -0.4 is 10.6 Å². The molecule has 2 aromatic rings. The van der Waals surface area contributed by atoms with Gasteiger partial charge < -0.3 is 20.3 Å². The second-order valence-corrected chi connectivity index (χ2v) is 8.34. The molecule has 3 rings (SSSR count). The lowest BCUT2D eigenvalue weighted by Gasteiger charge is -2.23. The Morgan fingerprint density at radius 1 is 1.27 bits per heavy atom. The largest absolute Gasteiger partial charge is 0.444 e. The predicted molar refractivity (Wildman–Crippen MR) is 118 cm³/mol. The van der Waals surface area contributed by atoms with Crippen LogP contribution in [0, 0.1) is 0 Å². The van der Waals surface area contributed by atoms with Crippen molar-refractivity contribution in [2.75, 3.05) is 19.6 Å². The summed E-state index contributed by atoms with van der Waals surface area (Å²) in [5, 5.41) is 10.9. The molecule has 2 N–H and O–H groups in total. The molecule has 1 unspecified atom stereocenters. The van der Waals surface area contributed by atoms with Gasteiger partial charge in [0.25, 0.3) is 0 Å². The average molecular weight is 413 g/mol. The highest BCUT2D eigenvalue weighted by Gasteiger charge is 2.27. The van der Waals surface area contributed by atoms with Crippen LogP contribution in [0.1, 0.15) is 39.8 Å². The van der Waals surface area contributed by atoms with E-state index in [2.05, 4.69) is 20.6 Å². The molecule has 1 aliphatic rings. The van der Waals surface area contributed by atoms with E-state index in [0.717, 1.165) is 36.9 Å². The van der Waals surface area contributed by atoms with E-state index in [-0.39, 0.29) is 12.1 Å². The Morgan fingerprint density at radius 2 is 2.03 bits per heavy atom. The summed E-state index contributed by atoms with van der Waals surface area (Å²) in [5.74, 6) is 0.834. The number of benzene rings is 1. The van der Waals surface area contributed by atoms with Gasteiger partial charge in [0.15, 0.2) is 5.96 Å². The van der Waals surface area contributed by atoms with E-state index < -0.39 is 5.60 Å². The number of rotatable bonds is 5. The fourth-order valence-electron chi connectivity index (χ4n) is 3.30. The monoisotopic (exact) mass is 412 g/mol. The van der Waals surface area contributed by atoms with Crippen molar-refractivity contribution in [3.05, 3.63) is 48.3 Å². The average Bonchev–Trinajstić information content (AvgIpc) is 3.34. The van der Waals surface area contributed by atoms with Crippen LogP contribution in [0.2, 0.25) is 0 Å². The van der Waals surface area contributed by atoms with Crippen molar-refractivity contribution in [3.63, 3.8) is 0 Å². The summed E-state index contributed by atoms with van der Waals surface area (Å²) >= 11 is 0. The Hall–Kier alpha value is -3.03. The zero-order chi connectivity index (χ0) is 21.6. The molecule has 0 aliphatic carbocycles. The first-order valence-electron chi connectivity index (χ1n) is 10.5. The number of nitrogens with zero attached hydrogens (tertiary/aromatic N) is 4. The Bertz CT molecular complexity index is 856. The molecule has 30 heavy (non-hydrogen) atoms. The number of aliphatic imine (C=N–C) groups is 1. The third-order valence-corrected chi connectivity index (χ3v) is 4.60. The van der Waals surface area contributed by atoms with Crippen LogP contribution in [0.15, 0.2) is 47.6 Å². The van der Waals surface area contributed by atoms with E-state index in [1.807, 2.05) is 75.0 Å². The summed E-state index contributed by atoms with van der Waals surface area (Å²) in [6.45, 7) is 10.4. The minimum Gasteiger partial charge on any atom is -0.444 e. The van der Waals surface area contributed by atoms with Gasteiger partial charge in [-0.3, -0.25) is 0 Å². The molecular weight excluding hydrogens is 380 g/mol. The summed E-state index contributed by atoms with van der Waals surface area (Å²) in [6, 6.07) is 12.0. The van der Waals surface area contributed by atoms with E-state index in [9.17, 15) is 4.79 Å². The van der Waals surface area contributed by atoms with Gasteiger partial charge in [0.05, 0.1) is 24.0 Å². The van der Waals surface area contributed by atoms with Gasteiger partial charge >= 0.3 is 6.09 Å². The second-order valence-electron chi connectivity index (χ2n) is 8.34. The van der Waals surface area contributed by atoms with Crippen molar-refractivity contribution in [3.8, 4) is 5.69 Å². The molecule has 8 nitrogen and oxygen atoms in total. The number of likely N-dealkylation sites (tertiary alicyclic amines) is 1. The molecule has 0 radical (unpaired) electrons. The number of guanidine groups is 1. The third kappa shape index (κ3) is 6.23. The second kappa shape index (κ2) is 9.65. The van der Waals surface area contributed by atoms with Crippen molar-refractivity contribution < 1.29 is 9.53 Å². The Morgan fingerprint density at radius 3 is 2.73 bits per heavy atom. The predicted octanol–water partition coefficient (Wildman–Crippen LogP) is 2.94. The lowest BCUT2D eigenvalue weighted by molar-refractivity contribution is 0.0507. The molecular formula is C22H32N6O2. The summed E-state index contributed by atoms with van der Waals surface area (Å²) in [4.78, 5) is 19.0. The lowest BCUT2D eigenvalue weighted by Crippen LogP contribution is -2.44. The van der Waals surface area contributed by atoms with Gasteiger partial charge in [-0.15, -0.1) is 0 Å². The lowest BCUT2D eigenvalue weighted by atomic mass is 10.2. The van der Waals surface area contributed by atoms with Gasteiger partial charge in [0.1, 0.15) is 5.60 Å². The van der Waals surface area contributed by atoms with Crippen molar-refractivity contribution in [1.82, 2.24) is 25.3 Å². The highest BCUT2D eigenvalue weighted by atomic mass is 16.6. The number of para-hydroxylation sites is 1. The topological polar surface area (TPSA) is 83.8 Å². The summed E-state index contributed by atoms with van der Waals surface area (Å²) < 4.78 is 7.22. The van der Waals surface area contributed by atoms with Gasteiger partial charge in [-0.1, -0.05) is 18.2 Å².